The number of nitrogens with zero attached hydrogens (tertiary/aromatic N) is 1. The molecule has 3 rings (SSSR count). The molecule has 0 bridgehead atoms. The number of rotatable bonds is 7. The number of carbonyl (C=O) groups is 3. The monoisotopic (exact) mass is 450 g/mol. The second-order valence-corrected chi connectivity index (χ2v) is 7.63. The zero-order valence-electron chi connectivity index (χ0n) is 18.0. The fourth-order valence-electron chi connectivity index (χ4n) is 3.00. The molecule has 0 fully saturated rings. The topological polar surface area (TPSA) is 120 Å². The van der Waals surface area contributed by atoms with Crippen LogP contribution in [0, 0.1) is 11.7 Å². The second kappa shape index (κ2) is 10.4. The zero-order valence-corrected chi connectivity index (χ0v) is 18.0. The molecule has 0 unspecified atom stereocenters. The normalized spacial score (nSPS) is 11.5. The van der Waals surface area contributed by atoms with Gasteiger partial charge < -0.3 is 15.7 Å². The van der Waals surface area contributed by atoms with Crippen molar-refractivity contribution in [3.63, 3.8) is 0 Å². The van der Waals surface area contributed by atoms with Crippen LogP contribution in [0.25, 0.3) is 11.1 Å². The molecule has 0 aliphatic heterocycles. The molecule has 3 amide bonds. The van der Waals surface area contributed by atoms with E-state index in [-0.39, 0.29) is 5.92 Å². The molecule has 2 aromatic carbocycles. The lowest BCUT2D eigenvalue weighted by molar-refractivity contribution is -0.140. The lowest BCUT2D eigenvalue weighted by Crippen LogP contribution is -2.44. The van der Waals surface area contributed by atoms with Crippen LogP contribution in [-0.4, -0.2) is 34.0 Å². The number of nitrogens with one attached hydrogen (secondary N) is 3. The van der Waals surface area contributed by atoms with Gasteiger partial charge in [0.05, 0.1) is 0 Å². The standard InChI is InChI=1S/C24H23FN4O4/c1-14(2)21(23(31)32)29-22(30)16-5-3-15(4-6-16)17-7-12-20(26-13-17)28-24(33)27-19-10-8-18(25)9-11-19/h3-14,21H,1-2H3,(H,29,30)(H,31,32)(H2,26,27,28,33)/t21-/m0/s1. The Morgan fingerprint density at radius 3 is 2.06 bits per heavy atom. The van der Waals surface area contributed by atoms with Crippen molar-refractivity contribution in [1.82, 2.24) is 10.3 Å². The van der Waals surface area contributed by atoms with E-state index in [1.807, 2.05) is 0 Å². The molecule has 1 aromatic heterocycles. The number of urea groups is 1. The van der Waals surface area contributed by atoms with Crippen LogP contribution in [0.15, 0.2) is 66.9 Å². The Morgan fingerprint density at radius 1 is 0.879 bits per heavy atom. The summed E-state index contributed by atoms with van der Waals surface area (Å²) in [6.45, 7) is 3.44. The Kier molecular flexibility index (Phi) is 7.34. The van der Waals surface area contributed by atoms with Gasteiger partial charge in [-0.15, -0.1) is 0 Å². The minimum Gasteiger partial charge on any atom is -0.480 e. The smallest absolute Gasteiger partial charge is 0.326 e. The molecule has 3 aromatic rings. The van der Waals surface area contributed by atoms with Crippen molar-refractivity contribution in [2.45, 2.75) is 19.9 Å². The number of carbonyl (C=O) groups excluding carboxylic acids is 2. The average Bonchev–Trinajstić information content (AvgIpc) is 2.79. The number of carboxylic acid groups (broad SMARTS) is 1. The van der Waals surface area contributed by atoms with E-state index in [1.165, 1.54) is 24.3 Å². The number of anilines is 2. The van der Waals surface area contributed by atoms with E-state index < -0.39 is 29.8 Å². The van der Waals surface area contributed by atoms with Crippen LogP contribution in [0.4, 0.5) is 20.7 Å². The molecular weight excluding hydrogens is 427 g/mol. The third-order valence-corrected chi connectivity index (χ3v) is 4.81. The summed E-state index contributed by atoms with van der Waals surface area (Å²) in [6, 6.07) is 13.9. The molecule has 33 heavy (non-hydrogen) atoms. The Hall–Kier alpha value is -4.27. The lowest BCUT2D eigenvalue weighted by Gasteiger charge is -2.18. The molecular formula is C24H23FN4O4. The largest absolute Gasteiger partial charge is 0.480 e. The average molecular weight is 450 g/mol. The van der Waals surface area contributed by atoms with Crippen LogP contribution in [-0.2, 0) is 4.79 Å². The van der Waals surface area contributed by atoms with Crippen LogP contribution in [0.2, 0.25) is 0 Å². The number of aliphatic carboxylic acids is 1. The van der Waals surface area contributed by atoms with E-state index in [0.717, 1.165) is 11.1 Å². The number of hydrogen-bond donors (Lipinski definition) is 4. The first kappa shape index (κ1) is 23.4. The molecule has 8 nitrogen and oxygen atoms in total. The van der Waals surface area contributed by atoms with Gasteiger partial charge in [0.15, 0.2) is 0 Å². The Bertz CT molecular complexity index is 1130. The van der Waals surface area contributed by atoms with Crippen molar-refractivity contribution in [3.05, 3.63) is 78.2 Å². The molecule has 4 N–H and O–H groups in total. The number of halogens is 1. The highest BCUT2D eigenvalue weighted by molar-refractivity contribution is 5.99. The first-order valence-electron chi connectivity index (χ1n) is 10.2. The van der Waals surface area contributed by atoms with E-state index in [9.17, 15) is 23.9 Å². The number of carboxylic acids is 1. The van der Waals surface area contributed by atoms with Crippen LogP contribution in [0.1, 0.15) is 24.2 Å². The van der Waals surface area contributed by atoms with Crippen molar-refractivity contribution in [2.75, 3.05) is 10.6 Å². The summed E-state index contributed by atoms with van der Waals surface area (Å²) in [5, 5.41) is 16.9. The molecule has 0 radical (unpaired) electrons. The number of benzene rings is 2. The van der Waals surface area contributed by atoms with Gasteiger partial charge in [-0.2, -0.15) is 0 Å². The van der Waals surface area contributed by atoms with Crippen molar-refractivity contribution in [2.24, 2.45) is 5.92 Å². The number of aromatic nitrogens is 1. The lowest BCUT2D eigenvalue weighted by atomic mass is 10.0. The third kappa shape index (κ3) is 6.36. The summed E-state index contributed by atoms with van der Waals surface area (Å²) < 4.78 is 12.9. The quantitative estimate of drug-likeness (QED) is 0.426. The molecule has 1 atom stereocenters. The van der Waals surface area contributed by atoms with Gasteiger partial charge in [-0.05, 0) is 60.0 Å². The maximum absolute atomic E-state index is 12.9. The van der Waals surface area contributed by atoms with Crippen LogP contribution >= 0.6 is 0 Å². The highest BCUT2D eigenvalue weighted by atomic mass is 19.1. The second-order valence-electron chi connectivity index (χ2n) is 7.63. The summed E-state index contributed by atoms with van der Waals surface area (Å²) in [5.74, 6) is -1.87. The predicted octanol–water partition coefficient (Wildman–Crippen LogP) is 4.37. The van der Waals surface area contributed by atoms with E-state index in [2.05, 4.69) is 20.9 Å². The fourth-order valence-corrected chi connectivity index (χ4v) is 3.00. The van der Waals surface area contributed by atoms with Crippen molar-refractivity contribution in [3.8, 4) is 11.1 Å². The summed E-state index contributed by atoms with van der Waals surface area (Å²) in [4.78, 5) is 39.9. The first-order valence-corrected chi connectivity index (χ1v) is 10.2. The Labute approximate surface area is 189 Å². The maximum Gasteiger partial charge on any atom is 0.326 e. The number of hydrogen-bond acceptors (Lipinski definition) is 4. The van der Waals surface area contributed by atoms with Gasteiger partial charge in [-0.25, -0.2) is 19.0 Å². The van der Waals surface area contributed by atoms with Gasteiger partial charge in [0.25, 0.3) is 5.91 Å². The Morgan fingerprint density at radius 2 is 1.52 bits per heavy atom. The predicted molar refractivity (Wildman–Crippen MR) is 122 cm³/mol. The summed E-state index contributed by atoms with van der Waals surface area (Å²) >= 11 is 0. The molecule has 0 aliphatic rings. The molecule has 0 saturated heterocycles. The maximum atomic E-state index is 12.9. The van der Waals surface area contributed by atoms with E-state index in [0.29, 0.717) is 17.1 Å². The summed E-state index contributed by atoms with van der Waals surface area (Å²) in [7, 11) is 0. The molecule has 0 spiro atoms. The zero-order chi connectivity index (χ0) is 24.0. The summed E-state index contributed by atoms with van der Waals surface area (Å²) in [5.41, 5.74) is 2.34. The first-order chi connectivity index (χ1) is 15.7. The molecule has 170 valence electrons. The number of amides is 3. The van der Waals surface area contributed by atoms with Gasteiger partial charge >= 0.3 is 12.0 Å². The summed E-state index contributed by atoms with van der Waals surface area (Å²) in [6.07, 6.45) is 1.57. The molecule has 1 heterocycles. The highest BCUT2D eigenvalue weighted by Gasteiger charge is 2.23. The third-order valence-electron chi connectivity index (χ3n) is 4.81. The highest BCUT2D eigenvalue weighted by Crippen LogP contribution is 2.21. The SMILES string of the molecule is CC(C)[C@H](NC(=O)c1ccc(-c2ccc(NC(=O)Nc3ccc(F)cc3)nc2)cc1)C(=O)O. The van der Waals surface area contributed by atoms with Gasteiger partial charge in [0.1, 0.15) is 17.7 Å². The van der Waals surface area contributed by atoms with E-state index >= 15 is 0 Å². The minimum atomic E-state index is -1.08. The van der Waals surface area contributed by atoms with Crippen LogP contribution in [0.5, 0.6) is 0 Å². The van der Waals surface area contributed by atoms with Crippen molar-refractivity contribution >= 4 is 29.4 Å². The van der Waals surface area contributed by atoms with Crippen LogP contribution in [0.3, 0.4) is 0 Å². The van der Waals surface area contributed by atoms with Gasteiger partial charge in [0.2, 0.25) is 0 Å². The van der Waals surface area contributed by atoms with E-state index in [1.54, 1.807) is 56.4 Å². The molecule has 9 heteroatoms. The van der Waals surface area contributed by atoms with Gasteiger partial charge in [-0.3, -0.25) is 10.1 Å². The van der Waals surface area contributed by atoms with E-state index in [4.69, 9.17) is 0 Å². The Balaban J connectivity index is 1.61. The molecule has 0 aliphatic carbocycles. The van der Waals surface area contributed by atoms with Gasteiger partial charge in [0, 0.05) is 23.0 Å². The number of pyridine rings is 1. The van der Waals surface area contributed by atoms with Gasteiger partial charge in [-0.1, -0.05) is 26.0 Å². The van der Waals surface area contributed by atoms with Crippen LogP contribution < -0.4 is 16.0 Å². The minimum absolute atomic E-state index is 0.248. The van der Waals surface area contributed by atoms with Crippen molar-refractivity contribution < 1.29 is 23.9 Å². The fraction of sp³-hybridized carbons (Fsp3) is 0.167. The molecule has 0 saturated carbocycles. The van der Waals surface area contributed by atoms with Crippen molar-refractivity contribution in [1.29, 1.82) is 0 Å².